The van der Waals surface area contributed by atoms with Crippen molar-refractivity contribution in [3.8, 4) is 0 Å². The van der Waals surface area contributed by atoms with E-state index in [4.69, 9.17) is 0 Å². The van der Waals surface area contributed by atoms with Crippen LogP contribution < -0.4 is 5.32 Å². The molecule has 3 nitrogen and oxygen atoms in total. The molecule has 1 N–H and O–H groups in total. The second-order valence-corrected chi connectivity index (χ2v) is 6.41. The molecule has 0 spiro atoms. The van der Waals surface area contributed by atoms with Gasteiger partial charge >= 0.3 is 6.18 Å². The highest BCUT2D eigenvalue weighted by Crippen LogP contribution is 2.31. The topological polar surface area (TPSA) is 32.3 Å². The van der Waals surface area contributed by atoms with Crippen LogP contribution in [0.2, 0.25) is 0 Å². The fraction of sp³-hybridized carbons (Fsp3) is 0.588. The van der Waals surface area contributed by atoms with E-state index in [0.29, 0.717) is 12.1 Å². The molecule has 1 amide bonds. The molecule has 0 bridgehead atoms. The molecule has 1 aliphatic heterocycles. The van der Waals surface area contributed by atoms with Crippen molar-refractivity contribution in [1.29, 1.82) is 0 Å². The van der Waals surface area contributed by atoms with Crippen molar-refractivity contribution in [2.75, 3.05) is 13.1 Å². The van der Waals surface area contributed by atoms with Gasteiger partial charge in [0.1, 0.15) is 0 Å². The van der Waals surface area contributed by atoms with E-state index in [-0.39, 0.29) is 17.9 Å². The second kappa shape index (κ2) is 6.91. The smallest absolute Gasteiger partial charge is 0.334 e. The summed E-state index contributed by atoms with van der Waals surface area (Å²) in [5, 5.41) is 3.23. The molecule has 0 radical (unpaired) electrons. The average Bonchev–Trinajstić information content (AvgIpc) is 2.98. The third-order valence-corrected chi connectivity index (χ3v) is 4.26. The number of carbonyl (C=O) groups is 1. The Balaban J connectivity index is 2.24. The maximum Gasteiger partial charge on any atom is 0.416 e. The summed E-state index contributed by atoms with van der Waals surface area (Å²) >= 11 is 0. The summed E-state index contributed by atoms with van der Waals surface area (Å²) < 4.78 is 38.3. The van der Waals surface area contributed by atoms with E-state index >= 15 is 0 Å². The van der Waals surface area contributed by atoms with E-state index in [2.05, 4.69) is 5.32 Å². The van der Waals surface area contributed by atoms with E-state index in [1.165, 1.54) is 6.07 Å². The van der Waals surface area contributed by atoms with E-state index < -0.39 is 11.7 Å². The molecule has 0 unspecified atom stereocenters. The lowest BCUT2D eigenvalue weighted by Crippen LogP contribution is -2.43. The number of nitrogens with one attached hydrogen (secondary N) is 1. The van der Waals surface area contributed by atoms with Crippen LogP contribution in [0, 0.1) is 12.8 Å². The molecular weight excluding hydrogens is 305 g/mol. The van der Waals surface area contributed by atoms with Crippen molar-refractivity contribution in [2.45, 2.75) is 46.0 Å². The maximum absolute atomic E-state index is 12.8. The molecule has 0 aromatic heterocycles. The van der Waals surface area contributed by atoms with Crippen LogP contribution in [0.25, 0.3) is 0 Å². The van der Waals surface area contributed by atoms with Gasteiger partial charge in [0.05, 0.1) is 5.56 Å². The fourth-order valence-electron chi connectivity index (χ4n) is 2.86. The number of rotatable bonds is 4. The van der Waals surface area contributed by atoms with Crippen LogP contribution in [0.15, 0.2) is 18.2 Å². The summed E-state index contributed by atoms with van der Waals surface area (Å²) in [6.45, 7) is 7.30. The molecule has 1 aromatic rings. The van der Waals surface area contributed by atoms with E-state index in [1.54, 1.807) is 11.8 Å². The molecule has 1 aliphatic rings. The van der Waals surface area contributed by atoms with Crippen LogP contribution in [0.5, 0.6) is 0 Å². The number of carbonyl (C=O) groups excluding carboxylic acids is 1. The summed E-state index contributed by atoms with van der Waals surface area (Å²) in [5.74, 6) is -0.0941. The minimum Gasteiger partial charge on any atom is -0.334 e. The molecule has 23 heavy (non-hydrogen) atoms. The molecule has 0 saturated carbocycles. The number of benzene rings is 1. The van der Waals surface area contributed by atoms with Gasteiger partial charge in [-0.25, -0.2) is 0 Å². The van der Waals surface area contributed by atoms with E-state index in [1.807, 2.05) is 13.8 Å². The van der Waals surface area contributed by atoms with Gasteiger partial charge in [-0.1, -0.05) is 19.9 Å². The molecule has 128 valence electrons. The Bertz CT molecular complexity index is 563. The fourth-order valence-corrected chi connectivity index (χ4v) is 2.86. The van der Waals surface area contributed by atoms with Gasteiger partial charge in [0.25, 0.3) is 0 Å². The van der Waals surface area contributed by atoms with Crippen LogP contribution in [-0.4, -0.2) is 29.9 Å². The normalized spacial score (nSPS) is 18.5. The number of halogens is 3. The Kier molecular flexibility index (Phi) is 5.34. The van der Waals surface area contributed by atoms with Crippen molar-refractivity contribution >= 4 is 5.91 Å². The highest BCUT2D eigenvalue weighted by Gasteiger charge is 2.32. The zero-order valence-corrected chi connectivity index (χ0v) is 13.7. The minimum absolute atomic E-state index is 0.0398. The van der Waals surface area contributed by atoms with Gasteiger partial charge in [-0.2, -0.15) is 13.2 Å². The Morgan fingerprint density at radius 2 is 2.09 bits per heavy atom. The standard InChI is InChI=1S/C17H23F3N2O/c1-11(2)16(23)22(15-6-7-21-9-15)10-13-4-5-14(8-12(13)3)17(18,19)20/h4-5,8,11,15,21H,6-7,9-10H2,1-3H3/t15-/m0/s1. The predicted molar refractivity (Wildman–Crippen MR) is 82.8 cm³/mol. The van der Waals surface area contributed by atoms with Gasteiger partial charge in [0, 0.05) is 25.0 Å². The first kappa shape index (κ1) is 17.8. The molecule has 2 rings (SSSR count). The number of hydrogen-bond donors (Lipinski definition) is 1. The zero-order chi connectivity index (χ0) is 17.2. The minimum atomic E-state index is -4.34. The third-order valence-electron chi connectivity index (χ3n) is 4.26. The van der Waals surface area contributed by atoms with Crippen molar-refractivity contribution in [1.82, 2.24) is 10.2 Å². The molecule has 0 aliphatic carbocycles. The number of nitrogens with zero attached hydrogens (tertiary/aromatic N) is 1. The predicted octanol–water partition coefficient (Wildman–Crippen LogP) is 3.36. The van der Waals surface area contributed by atoms with Crippen LogP contribution in [0.4, 0.5) is 13.2 Å². The Hall–Kier alpha value is -1.56. The zero-order valence-electron chi connectivity index (χ0n) is 13.7. The van der Waals surface area contributed by atoms with Gasteiger partial charge in [0.2, 0.25) is 5.91 Å². The molecular formula is C17H23F3N2O. The highest BCUT2D eigenvalue weighted by atomic mass is 19.4. The van der Waals surface area contributed by atoms with Crippen molar-refractivity contribution in [3.63, 3.8) is 0 Å². The molecule has 1 aromatic carbocycles. The molecule has 1 atom stereocenters. The Morgan fingerprint density at radius 1 is 1.39 bits per heavy atom. The lowest BCUT2D eigenvalue weighted by Gasteiger charge is -2.31. The molecule has 6 heteroatoms. The summed E-state index contributed by atoms with van der Waals surface area (Å²) in [6.07, 6.45) is -3.47. The molecule has 1 heterocycles. The van der Waals surface area contributed by atoms with Crippen LogP contribution in [0.3, 0.4) is 0 Å². The highest BCUT2D eigenvalue weighted by molar-refractivity contribution is 5.78. The first-order chi connectivity index (χ1) is 10.7. The largest absolute Gasteiger partial charge is 0.416 e. The number of alkyl halides is 3. The number of amides is 1. The Morgan fingerprint density at radius 3 is 2.57 bits per heavy atom. The second-order valence-electron chi connectivity index (χ2n) is 6.41. The van der Waals surface area contributed by atoms with E-state index in [0.717, 1.165) is 37.2 Å². The van der Waals surface area contributed by atoms with E-state index in [9.17, 15) is 18.0 Å². The van der Waals surface area contributed by atoms with Crippen molar-refractivity contribution in [2.24, 2.45) is 5.92 Å². The van der Waals surface area contributed by atoms with Crippen LogP contribution >= 0.6 is 0 Å². The lowest BCUT2D eigenvalue weighted by atomic mass is 10.0. The number of hydrogen-bond acceptors (Lipinski definition) is 2. The maximum atomic E-state index is 12.8. The SMILES string of the molecule is Cc1cc(C(F)(F)F)ccc1CN(C(=O)C(C)C)[C@H]1CCNC1. The summed E-state index contributed by atoms with van der Waals surface area (Å²) in [4.78, 5) is 14.3. The first-order valence-electron chi connectivity index (χ1n) is 7.88. The van der Waals surface area contributed by atoms with Gasteiger partial charge in [-0.05, 0) is 43.1 Å². The third kappa shape index (κ3) is 4.25. The average molecular weight is 328 g/mol. The Labute approximate surface area is 134 Å². The summed E-state index contributed by atoms with van der Waals surface area (Å²) in [5.41, 5.74) is 0.675. The monoisotopic (exact) mass is 328 g/mol. The summed E-state index contributed by atoms with van der Waals surface area (Å²) in [7, 11) is 0. The van der Waals surface area contributed by atoms with Crippen molar-refractivity contribution < 1.29 is 18.0 Å². The first-order valence-corrected chi connectivity index (χ1v) is 7.88. The molecule has 1 fully saturated rings. The number of aryl methyl sites for hydroxylation is 1. The van der Waals surface area contributed by atoms with Gasteiger partial charge < -0.3 is 10.2 Å². The van der Waals surface area contributed by atoms with Crippen LogP contribution in [-0.2, 0) is 17.5 Å². The summed E-state index contributed by atoms with van der Waals surface area (Å²) in [6, 6.07) is 3.83. The van der Waals surface area contributed by atoms with Gasteiger partial charge in [-0.3, -0.25) is 4.79 Å². The lowest BCUT2D eigenvalue weighted by molar-refractivity contribution is -0.138. The van der Waals surface area contributed by atoms with Crippen LogP contribution in [0.1, 0.15) is 37.0 Å². The molecule has 1 saturated heterocycles. The van der Waals surface area contributed by atoms with Gasteiger partial charge in [-0.15, -0.1) is 0 Å². The quantitative estimate of drug-likeness (QED) is 0.919. The van der Waals surface area contributed by atoms with Crippen molar-refractivity contribution in [3.05, 3.63) is 34.9 Å². The van der Waals surface area contributed by atoms with Gasteiger partial charge in [0.15, 0.2) is 0 Å².